The number of epoxide rings is 2. The molecule has 2 saturated heterocycles. The van der Waals surface area contributed by atoms with E-state index in [9.17, 15) is 0 Å². The minimum atomic E-state index is 0.392. The van der Waals surface area contributed by atoms with Crippen LogP contribution in [0.3, 0.4) is 0 Å². The van der Waals surface area contributed by atoms with Crippen LogP contribution < -0.4 is 0 Å². The lowest BCUT2D eigenvalue weighted by molar-refractivity contribution is 0.102. The second kappa shape index (κ2) is 4.17. The number of fused-ring (bicyclic) bond motifs is 1. The lowest BCUT2D eigenvalue weighted by atomic mass is 10.3. The molecule has 0 amide bonds. The normalized spacial score (nSPS) is 26.8. The molecule has 4 aliphatic rings. The van der Waals surface area contributed by atoms with Gasteiger partial charge in [0, 0.05) is 0 Å². The van der Waals surface area contributed by atoms with Crippen LogP contribution in [0.25, 0.3) is 11.1 Å². The van der Waals surface area contributed by atoms with E-state index in [1.807, 2.05) is 0 Å². The van der Waals surface area contributed by atoms with E-state index in [0.717, 1.165) is 26.4 Å². The fourth-order valence-electron chi connectivity index (χ4n) is 1.56. The van der Waals surface area contributed by atoms with Crippen LogP contribution in [0.15, 0.2) is 18.2 Å². The predicted octanol–water partition coefficient (Wildman–Crippen LogP) is 1.78. The Kier molecular flexibility index (Phi) is 2.67. The maximum Gasteiger partial charge on any atom is 0.104 e. The van der Waals surface area contributed by atoms with E-state index in [4.69, 9.17) is 14.2 Å². The predicted molar refractivity (Wildman–Crippen MR) is 60.5 cm³/mol. The summed E-state index contributed by atoms with van der Waals surface area (Å²) in [7, 11) is 0. The molecule has 0 aromatic heterocycles. The van der Waals surface area contributed by atoms with Crippen molar-refractivity contribution in [3.05, 3.63) is 23.8 Å². The first-order valence-corrected chi connectivity index (χ1v) is 5.75. The van der Waals surface area contributed by atoms with Crippen molar-refractivity contribution in [2.24, 2.45) is 0 Å². The monoisotopic (exact) mass is 220 g/mol. The zero-order valence-corrected chi connectivity index (χ0v) is 9.44. The number of rotatable bonds is 4. The molecular formula is C13H16O3. The van der Waals surface area contributed by atoms with Gasteiger partial charge in [-0.2, -0.15) is 0 Å². The third-order valence-electron chi connectivity index (χ3n) is 2.88. The van der Waals surface area contributed by atoms with Crippen molar-refractivity contribution in [2.75, 3.05) is 26.4 Å². The number of benzene rings is 1. The summed E-state index contributed by atoms with van der Waals surface area (Å²) >= 11 is 0. The molecule has 0 spiro atoms. The van der Waals surface area contributed by atoms with Gasteiger partial charge in [0.1, 0.15) is 12.2 Å². The Morgan fingerprint density at radius 3 is 2.06 bits per heavy atom. The largest absolute Gasteiger partial charge is 0.376 e. The van der Waals surface area contributed by atoms with Crippen LogP contribution in [0, 0.1) is 6.92 Å². The molecule has 2 heterocycles. The van der Waals surface area contributed by atoms with E-state index in [-0.39, 0.29) is 0 Å². The molecular weight excluding hydrogens is 204 g/mol. The first-order valence-electron chi connectivity index (χ1n) is 5.75. The van der Waals surface area contributed by atoms with Gasteiger partial charge in [-0.15, -0.1) is 0 Å². The highest BCUT2D eigenvalue weighted by Crippen LogP contribution is 2.37. The minimum Gasteiger partial charge on any atom is -0.376 e. The van der Waals surface area contributed by atoms with Gasteiger partial charge in [-0.05, 0) is 29.7 Å². The Labute approximate surface area is 95.3 Å². The molecule has 4 rings (SSSR count). The topological polar surface area (TPSA) is 34.3 Å². The van der Waals surface area contributed by atoms with E-state index in [1.54, 1.807) is 0 Å². The zero-order chi connectivity index (χ0) is 11.0. The average molecular weight is 220 g/mol. The Hall–Kier alpha value is -0.900. The third kappa shape index (κ3) is 2.82. The Morgan fingerprint density at radius 1 is 1.19 bits per heavy atom. The lowest BCUT2D eigenvalue weighted by Gasteiger charge is -1.95. The molecule has 86 valence electrons. The average Bonchev–Trinajstić information content (AvgIpc) is 3.12. The summed E-state index contributed by atoms with van der Waals surface area (Å²) in [6.45, 7) is 5.40. The molecule has 0 aromatic carbocycles. The summed E-state index contributed by atoms with van der Waals surface area (Å²) in [5, 5.41) is 0. The summed E-state index contributed by atoms with van der Waals surface area (Å²) in [6, 6.07) is 6.52. The third-order valence-corrected chi connectivity index (χ3v) is 2.88. The molecule has 0 N–H and O–H groups in total. The molecule has 0 saturated carbocycles. The van der Waals surface area contributed by atoms with Crippen molar-refractivity contribution in [2.45, 2.75) is 19.1 Å². The van der Waals surface area contributed by atoms with Gasteiger partial charge in [0.25, 0.3) is 0 Å². The zero-order valence-electron chi connectivity index (χ0n) is 9.44. The van der Waals surface area contributed by atoms with Crippen molar-refractivity contribution in [3.8, 4) is 11.1 Å². The number of ether oxygens (including phenoxy) is 3. The van der Waals surface area contributed by atoms with Gasteiger partial charge in [-0.25, -0.2) is 0 Å². The summed E-state index contributed by atoms with van der Waals surface area (Å²) in [4.78, 5) is 0. The molecule has 16 heavy (non-hydrogen) atoms. The quantitative estimate of drug-likeness (QED) is 0.736. The summed E-state index contributed by atoms with van der Waals surface area (Å²) in [5.74, 6) is 0. The van der Waals surface area contributed by atoms with Gasteiger partial charge in [0.15, 0.2) is 0 Å². The first kappa shape index (κ1) is 10.3. The molecule has 3 heteroatoms. The van der Waals surface area contributed by atoms with Crippen LogP contribution in [-0.4, -0.2) is 38.6 Å². The number of hydrogen-bond acceptors (Lipinski definition) is 3. The molecule has 0 aromatic rings. The first-order chi connectivity index (χ1) is 7.83. The van der Waals surface area contributed by atoms with Crippen LogP contribution in [0.2, 0.25) is 0 Å². The fourth-order valence-corrected chi connectivity index (χ4v) is 1.56. The Bertz CT molecular complexity index is 369. The van der Waals surface area contributed by atoms with Crippen molar-refractivity contribution in [3.63, 3.8) is 0 Å². The molecule has 2 fully saturated rings. The highest BCUT2D eigenvalue weighted by Gasteiger charge is 2.26. The summed E-state index contributed by atoms with van der Waals surface area (Å²) in [6.07, 6.45) is 0.785. The van der Waals surface area contributed by atoms with Gasteiger partial charge in [0.2, 0.25) is 0 Å². The Balaban J connectivity index is 0.000000104. The molecule has 2 unspecified atom stereocenters. The van der Waals surface area contributed by atoms with Gasteiger partial charge in [0.05, 0.1) is 26.4 Å². The standard InChI is InChI=1S/C7H6.C6H10O3/c1-5-2-3-6-4-7(5)6;1(5-3-8-5)7-2-6-4-9-6/h2-4H,1H3;5-6H,1-4H2. The van der Waals surface area contributed by atoms with Gasteiger partial charge in [-0.3, -0.25) is 0 Å². The Morgan fingerprint density at radius 2 is 1.81 bits per heavy atom. The van der Waals surface area contributed by atoms with E-state index in [2.05, 4.69) is 25.1 Å². The molecule has 0 radical (unpaired) electrons. The summed E-state index contributed by atoms with van der Waals surface area (Å²) < 4.78 is 15.1. The van der Waals surface area contributed by atoms with E-state index < -0.39 is 0 Å². The highest BCUT2D eigenvalue weighted by molar-refractivity contribution is 5.84. The van der Waals surface area contributed by atoms with Crippen LogP contribution in [0.1, 0.15) is 5.56 Å². The van der Waals surface area contributed by atoms with Crippen LogP contribution in [0.5, 0.6) is 0 Å². The van der Waals surface area contributed by atoms with Crippen molar-refractivity contribution >= 4 is 0 Å². The molecule has 0 bridgehead atoms. The molecule has 2 atom stereocenters. The minimum absolute atomic E-state index is 0.392. The van der Waals surface area contributed by atoms with Crippen molar-refractivity contribution in [1.82, 2.24) is 0 Å². The molecule has 2 aliphatic heterocycles. The number of aryl methyl sites for hydroxylation is 1. The van der Waals surface area contributed by atoms with Crippen LogP contribution in [0.4, 0.5) is 0 Å². The SMILES string of the molecule is C(OCC1CO1)C1CO1.Cc1ccc2cc1-2. The van der Waals surface area contributed by atoms with Crippen LogP contribution >= 0.6 is 0 Å². The van der Waals surface area contributed by atoms with Gasteiger partial charge >= 0.3 is 0 Å². The lowest BCUT2D eigenvalue weighted by Crippen LogP contribution is -2.06. The van der Waals surface area contributed by atoms with Gasteiger partial charge in [-0.1, -0.05) is 12.1 Å². The van der Waals surface area contributed by atoms with E-state index in [0.29, 0.717) is 12.2 Å². The summed E-state index contributed by atoms with van der Waals surface area (Å²) in [5.41, 5.74) is 4.34. The highest BCUT2D eigenvalue weighted by atomic mass is 16.6. The van der Waals surface area contributed by atoms with Crippen LogP contribution in [-0.2, 0) is 14.2 Å². The second-order valence-electron chi connectivity index (χ2n) is 4.48. The number of hydrogen-bond donors (Lipinski definition) is 0. The van der Waals surface area contributed by atoms with E-state index in [1.165, 1.54) is 16.7 Å². The maximum atomic E-state index is 5.23. The molecule has 2 aliphatic carbocycles. The maximum absolute atomic E-state index is 5.23. The van der Waals surface area contributed by atoms with E-state index >= 15 is 0 Å². The smallest absolute Gasteiger partial charge is 0.104 e. The van der Waals surface area contributed by atoms with Crippen molar-refractivity contribution < 1.29 is 14.2 Å². The second-order valence-corrected chi connectivity index (χ2v) is 4.48. The fraction of sp³-hybridized carbons (Fsp3) is 0.538. The molecule has 3 nitrogen and oxygen atoms in total. The van der Waals surface area contributed by atoms with Crippen molar-refractivity contribution in [1.29, 1.82) is 0 Å². The van der Waals surface area contributed by atoms with Gasteiger partial charge < -0.3 is 14.2 Å².